The highest BCUT2D eigenvalue weighted by Crippen LogP contribution is 2.28. The van der Waals surface area contributed by atoms with Gasteiger partial charge in [0, 0.05) is 26.9 Å². The zero-order chi connectivity index (χ0) is 21.2. The molecule has 0 aliphatic rings. The van der Waals surface area contributed by atoms with E-state index in [9.17, 15) is 0 Å². The van der Waals surface area contributed by atoms with Crippen LogP contribution in [0, 0.1) is 0 Å². The van der Waals surface area contributed by atoms with Gasteiger partial charge in [-0.05, 0) is 48.5 Å². The number of benzene rings is 3. The first kappa shape index (κ1) is 19.8. The fraction of sp³-hybridized carbons (Fsp3) is 0.0455. The molecule has 2 heterocycles. The van der Waals surface area contributed by atoms with Crippen molar-refractivity contribution in [1.82, 2.24) is 19.8 Å². The summed E-state index contributed by atoms with van der Waals surface area (Å²) in [5.41, 5.74) is 2.73. The SMILES string of the molecule is Clc1ccc(COc2ccc(-c3nnc4sc(Nc5ccccc5)nn34)cc2)c(Cl)c1. The van der Waals surface area contributed by atoms with E-state index in [0.29, 0.717) is 27.4 Å². The zero-order valence-electron chi connectivity index (χ0n) is 16.0. The first-order valence-corrected chi connectivity index (χ1v) is 10.9. The van der Waals surface area contributed by atoms with Gasteiger partial charge in [0.05, 0.1) is 0 Å². The van der Waals surface area contributed by atoms with E-state index in [-0.39, 0.29) is 0 Å². The van der Waals surface area contributed by atoms with E-state index in [1.807, 2.05) is 60.7 Å². The van der Waals surface area contributed by atoms with Crippen molar-refractivity contribution in [2.24, 2.45) is 0 Å². The lowest BCUT2D eigenvalue weighted by Gasteiger charge is -2.08. The Kier molecular flexibility index (Phi) is 5.46. The molecule has 1 N–H and O–H groups in total. The molecule has 3 aromatic carbocycles. The summed E-state index contributed by atoms with van der Waals surface area (Å²) >= 11 is 13.6. The van der Waals surface area contributed by atoms with E-state index in [1.165, 1.54) is 11.3 Å². The summed E-state index contributed by atoms with van der Waals surface area (Å²) in [6.07, 6.45) is 0. The first-order chi connectivity index (χ1) is 15.2. The van der Waals surface area contributed by atoms with Gasteiger partial charge >= 0.3 is 0 Å². The Bertz CT molecular complexity index is 1340. The first-order valence-electron chi connectivity index (χ1n) is 9.37. The number of hydrogen-bond donors (Lipinski definition) is 1. The van der Waals surface area contributed by atoms with Gasteiger partial charge in [-0.2, -0.15) is 4.52 Å². The van der Waals surface area contributed by atoms with Gasteiger partial charge < -0.3 is 10.1 Å². The Morgan fingerprint density at radius 3 is 2.52 bits per heavy atom. The highest BCUT2D eigenvalue weighted by Gasteiger charge is 2.14. The second-order valence-electron chi connectivity index (χ2n) is 6.67. The van der Waals surface area contributed by atoms with Crippen LogP contribution in [0.15, 0.2) is 72.8 Å². The van der Waals surface area contributed by atoms with Crippen LogP contribution in [0.2, 0.25) is 10.0 Å². The fourth-order valence-corrected chi connectivity index (χ4v) is 4.22. The van der Waals surface area contributed by atoms with Crippen molar-refractivity contribution < 1.29 is 4.74 Å². The summed E-state index contributed by atoms with van der Waals surface area (Å²) in [5, 5.41) is 18.3. The minimum absolute atomic E-state index is 0.352. The van der Waals surface area contributed by atoms with Gasteiger partial charge in [-0.25, -0.2) is 0 Å². The Morgan fingerprint density at radius 1 is 0.935 bits per heavy atom. The van der Waals surface area contributed by atoms with Crippen molar-refractivity contribution in [1.29, 1.82) is 0 Å². The quantitative estimate of drug-likeness (QED) is 0.309. The maximum Gasteiger partial charge on any atom is 0.236 e. The van der Waals surface area contributed by atoms with Crippen LogP contribution in [0.3, 0.4) is 0 Å². The topological polar surface area (TPSA) is 64.3 Å². The molecule has 0 aliphatic carbocycles. The van der Waals surface area contributed by atoms with Crippen LogP contribution in [-0.4, -0.2) is 19.8 Å². The monoisotopic (exact) mass is 467 g/mol. The molecule has 0 amide bonds. The average molecular weight is 468 g/mol. The van der Waals surface area contributed by atoms with Gasteiger partial charge in [-0.3, -0.25) is 0 Å². The van der Waals surface area contributed by atoms with E-state index in [4.69, 9.17) is 27.9 Å². The summed E-state index contributed by atoms with van der Waals surface area (Å²) in [6, 6.07) is 22.9. The normalized spacial score (nSPS) is 11.0. The van der Waals surface area contributed by atoms with Gasteiger partial charge in [0.25, 0.3) is 0 Å². The third kappa shape index (κ3) is 4.34. The van der Waals surface area contributed by atoms with Crippen LogP contribution in [0.1, 0.15) is 5.56 Å². The molecule has 6 nitrogen and oxygen atoms in total. The number of hydrogen-bond acceptors (Lipinski definition) is 6. The summed E-state index contributed by atoms with van der Waals surface area (Å²) in [7, 11) is 0. The Labute approximate surface area is 192 Å². The lowest BCUT2D eigenvalue weighted by molar-refractivity contribution is 0.306. The second-order valence-corrected chi connectivity index (χ2v) is 8.46. The van der Waals surface area contributed by atoms with Gasteiger partial charge in [0.2, 0.25) is 10.1 Å². The van der Waals surface area contributed by atoms with Crippen molar-refractivity contribution in [3.05, 3.63) is 88.4 Å². The Morgan fingerprint density at radius 2 is 1.74 bits per heavy atom. The van der Waals surface area contributed by atoms with Crippen LogP contribution >= 0.6 is 34.5 Å². The molecule has 0 radical (unpaired) electrons. The van der Waals surface area contributed by atoms with Gasteiger partial charge in [0.1, 0.15) is 12.4 Å². The van der Waals surface area contributed by atoms with E-state index < -0.39 is 0 Å². The molecule has 0 saturated carbocycles. The lowest BCUT2D eigenvalue weighted by atomic mass is 10.2. The van der Waals surface area contributed by atoms with Crippen LogP contribution < -0.4 is 10.1 Å². The molecule has 154 valence electrons. The van der Waals surface area contributed by atoms with Crippen molar-refractivity contribution in [2.75, 3.05) is 5.32 Å². The van der Waals surface area contributed by atoms with Gasteiger partial charge in [-0.1, -0.05) is 58.8 Å². The number of anilines is 2. The van der Waals surface area contributed by atoms with Gasteiger partial charge in [-0.15, -0.1) is 15.3 Å². The van der Waals surface area contributed by atoms with Crippen molar-refractivity contribution in [3.63, 3.8) is 0 Å². The second kappa shape index (κ2) is 8.55. The molecule has 0 spiro atoms. The molecule has 0 unspecified atom stereocenters. The number of para-hydroxylation sites is 1. The molecular formula is C22H15Cl2N5OS. The molecule has 5 rings (SSSR count). The summed E-state index contributed by atoms with van der Waals surface area (Å²) in [5.74, 6) is 1.39. The summed E-state index contributed by atoms with van der Waals surface area (Å²) in [6.45, 7) is 0.352. The van der Waals surface area contributed by atoms with Crippen LogP contribution in [-0.2, 0) is 6.61 Å². The van der Waals surface area contributed by atoms with E-state index in [2.05, 4.69) is 20.6 Å². The minimum atomic E-state index is 0.352. The predicted octanol–water partition coefficient (Wildman–Crippen LogP) is 6.48. The van der Waals surface area contributed by atoms with E-state index >= 15 is 0 Å². The lowest BCUT2D eigenvalue weighted by Crippen LogP contribution is -1.97. The predicted molar refractivity (Wildman–Crippen MR) is 125 cm³/mol. The third-order valence-corrected chi connectivity index (χ3v) is 5.94. The van der Waals surface area contributed by atoms with Crippen molar-refractivity contribution in [3.8, 4) is 17.1 Å². The number of nitrogens with zero attached hydrogens (tertiary/aromatic N) is 4. The molecule has 5 aromatic rings. The molecule has 0 bridgehead atoms. The number of nitrogens with one attached hydrogen (secondary N) is 1. The van der Waals surface area contributed by atoms with E-state index in [0.717, 1.165) is 27.7 Å². The number of fused-ring (bicyclic) bond motifs is 1. The highest BCUT2D eigenvalue weighted by molar-refractivity contribution is 7.20. The standard InChI is InChI=1S/C22H15Cl2N5OS/c23-16-9-6-15(19(24)12-16)13-30-18-10-7-14(8-11-18)20-26-27-22-29(20)28-21(31-22)25-17-4-2-1-3-5-17/h1-12H,13H2,(H,25,28). The average Bonchev–Trinajstić information content (AvgIpc) is 3.34. The molecule has 0 atom stereocenters. The highest BCUT2D eigenvalue weighted by atomic mass is 35.5. The third-order valence-electron chi connectivity index (χ3n) is 4.54. The van der Waals surface area contributed by atoms with Gasteiger partial charge in [0.15, 0.2) is 5.82 Å². The molecule has 31 heavy (non-hydrogen) atoms. The van der Waals surface area contributed by atoms with Crippen LogP contribution in [0.25, 0.3) is 16.3 Å². The summed E-state index contributed by atoms with van der Waals surface area (Å²) < 4.78 is 7.58. The molecule has 0 fully saturated rings. The molecule has 0 aliphatic heterocycles. The summed E-state index contributed by atoms with van der Waals surface area (Å²) in [4.78, 5) is 0.714. The van der Waals surface area contributed by atoms with E-state index in [1.54, 1.807) is 16.6 Å². The smallest absolute Gasteiger partial charge is 0.236 e. The van der Waals surface area contributed by atoms with Crippen LogP contribution in [0.4, 0.5) is 10.8 Å². The van der Waals surface area contributed by atoms with Crippen molar-refractivity contribution in [2.45, 2.75) is 6.61 Å². The maximum absolute atomic E-state index is 6.20. The maximum atomic E-state index is 6.20. The van der Waals surface area contributed by atoms with Crippen LogP contribution in [0.5, 0.6) is 5.75 Å². The zero-order valence-corrected chi connectivity index (χ0v) is 18.3. The fourth-order valence-electron chi connectivity index (χ4n) is 2.99. The molecule has 9 heteroatoms. The Balaban J connectivity index is 1.32. The number of halogens is 2. The number of ether oxygens (including phenoxy) is 1. The molecule has 0 saturated heterocycles. The molecular weight excluding hydrogens is 453 g/mol. The van der Waals surface area contributed by atoms with Crippen molar-refractivity contribution >= 4 is 50.3 Å². The largest absolute Gasteiger partial charge is 0.489 e. The number of rotatable bonds is 6. The number of aromatic nitrogens is 4. The Hall–Kier alpha value is -3.13. The minimum Gasteiger partial charge on any atom is -0.489 e. The molecule has 2 aromatic heterocycles.